The lowest BCUT2D eigenvalue weighted by atomic mass is 9.68. The minimum atomic E-state index is -1.21. The largest absolute Gasteiger partial charge is 0.481 e. The molecule has 0 aliphatic heterocycles. The van der Waals surface area contributed by atoms with Crippen LogP contribution >= 0.6 is 0 Å². The second kappa shape index (κ2) is 11.1. The number of rotatable bonds is 13. The van der Waals surface area contributed by atoms with Crippen LogP contribution in [0.2, 0.25) is 0 Å². The first-order chi connectivity index (χ1) is 14.5. The Morgan fingerprint density at radius 2 is 1.23 bits per heavy atom. The van der Waals surface area contributed by atoms with Crippen molar-refractivity contribution >= 4 is 24.1 Å². The van der Waals surface area contributed by atoms with Crippen LogP contribution in [-0.2, 0) is 15.0 Å². The summed E-state index contributed by atoms with van der Waals surface area (Å²) in [7, 11) is 0. The second-order valence-corrected chi connectivity index (χ2v) is 7.45. The molecule has 0 unspecified atom stereocenters. The van der Waals surface area contributed by atoms with Gasteiger partial charge in [-0.05, 0) is 35.1 Å². The van der Waals surface area contributed by atoms with E-state index in [1.165, 1.54) is 0 Å². The van der Waals surface area contributed by atoms with Gasteiger partial charge in [-0.25, -0.2) is 0 Å². The summed E-state index contributed by atoms with van der Waals surface area (Å²) in [4.78, 5) is 23.5. The topological polar surface area (TPSA) is 74.6 Å². The van der Waals surface area contributed by atoms with E-state index in [1.807, 2.05) is 48.5 Å². The Morgan fingerprint density at radius 1 is 0.767 bits per heavy atom. The van der Waals surface area contributed by atoms with Crippen LogP contribution in [0.5, 0.6) is 0 Å². The second-order valence-electron chi connectivity index (χ2n) is 7.45. The highest BCUT2D eigenvalue weighted by Gasteiger charge is 2.43. The van der Waals surface area contributed by atoms with Crippen molar-refractivity contribution in [1.82, 2.24) is 0 Å². The van der Waals surface area contributed by atoms with Gasteiger partial charge >= 0.3 is 11.9 Å². The Kier molecular flexibility index (Phi) is 8.60. The van der Waals surface area contributed by atoms with E-state index in [1.54, 1.807) is 12.2 Å². The highest BCUT2D eigenvalue weighted by atomic mass is 16.4. The molecule has 4 heteroatoms. The van der Waals surface area contributed by atoms with Crippen molar-refractivity contribution in [3.63, 3.8) is 0 Å². The number of unbranched alkanes of at least 4 members (excludes halogenated alkanes) is 4. The number of hydrogen-bond acceptors (Lipinski definition) is 2. The predicted octanol–water partition coefficient (Wildman–Crippen LogP) is 6.16. The fraction of sp³-hybridized carbons (Fsp3) is 0.308. The lowest BCUT2D eigenvalue weighted by Gasteiger charge is -2.33. The van der Waals surface area contributed by atoms with Gasteiger partial charge in [0.2, 0.25) is 0 Å². The molecule has 0 heterocycles. The van der Waals surface area contributed by atoms with Crippen molar-refractivity contribution < 1.29 is 19.8 Å². The Hall–Kier alpha value is -3.14. The van der Waals surface area contributed by atoms with Gasteiger partial charge in [-0.1, -0.05) is 99.5 Å². The maximum absolute atomic E-state index is 12.9. The molecule has 0 radical (unpaired) electrons. The summed E-state index contributed by atoms with van der Waals surface area (Å²) in [6, 6.07) is 15.0. The van der Waals surface area contributed by atoms with Crippen molar-refractivity contribution in [3.8, 4) is 0 Å². The molecule has 0 aromatic heterocycles. The summed E-state index contributed by atoms with van der Waals surface area (Å²) in [5.41, 5.74) is 1.86. The van der Waals surface area contributed by atoms with Gasteiger partial charge in [-0.2, -0.15) is 0 Å². The first-order valence-electron chi connectivity index (χ1n) is 10.4. The lowest BCUT2D eigenvalue weighted by molar-refractivity contribution is -0.142. The standard InChI is InChI=1S/C26H30O4/c1-3-20-14-9-11-16-22(20)26(25(29)30,23-17-12-10-15-21(23)4-2)19-13-7-5-6-8-18-24(27)28/h3-4,9-12,14-17H,1-2,5-8,13,18-19H2,(H,27,28)(H,29,30). The Morgan fingerprint density at radius 3 is 1.70 bits per heavy atom. The summed E-state index contributed by atoms with van der Waals surface area (Å²) >= 11 is 0. The highest BCUT2D eigenvalue weighted by molar-refractivity contribution is 5.89. The average Bonchev–Trinajstić information content (AvgIpc) is 2.75. The van der Waals surface area contributed by atoms with Crippen LogP contribution in [0.1, 0.15) is 67.2 Å². The SMILES string of the molecule is C=Cc1ccccc1C(CCCCCCCC(=O)O)(C(=O)O)c1ccccc1C=C. The third kappa shape index (κ3) is 5.26. The minimum Gasteiger partial charge on any atom is -0.481 e. The molecule has 0 saturated carbocycles. The molecule has 158 valence electrons. The van der Waals surface area contributed by atoms with E-state index in [0.717, 1.165) is 47.9 Å². The smallest absolute Gasteiger partial charge is 0.318 e. The zero-order valence-electron chi connectivity index (χ0n) is 17.3. The van der Waals surface area contributed by atoms with Crippen LogP contribution in [0.15, 0.2) is 61.7 Å². The maximum atomic E-state index is 12.9. The molecule has 0 spiro atoms. The predicted molar refractivity (Wildman–Crippen MR) is 121 cm³/mol. The molecule has 2 aromatic rings. The fourth-order valence-corrected chi connectivity index (χ4v) is 4.08. The lowest BCUT2D eigenvalue weighted by Crippen LogP contribution is -2.38. The van der Waals surface area contributed by atoms with Crippen LogP contribution in [0.25, 0.3) is 12.2 Å². The third-order valence-electron chi connectivity index (χ3n) is 5.59. The molecular weight excluding hydrogens is 376 g/mol. The van der Waals surface area contributed by atoms with E-state index >= 15 is 0 Å². The molecule has 0 saturated heterocycles. The van der Waals surface area contributed by atoms with Crippen molar-refractivity contribution in [3.05, 3.63) is 83.9 Å². The minimum absolute atomic E-state index is 0.179. The summed E-state index contributed by atoms with van der Waals surface area (Å²) in [6.45, 7) is 7.77. The van der Waals surface area contributed by atoms with Gasteiger partial charge in [0.1, 0.15) is 5.41 Å². The molecule has 2 aromatic carbocycles. The van der Waals surface area contributed by atoms with Gasteiger partial charge < -0.3 is 10.2 Å². The van der Waals surface area contributed by atoms with Crippen LogP contribution in [0.4, 0.5) is 0 Å². The zero-order chi connectivity index (χ0) is 22.0. The molecule has 2 N–H and O–H groups in total. The molecule has 30 heavy (non-hydrogen) atoms. The van der Waals surface area contributed by atoms with E-state index in [-0.39, 0.29) is 6.42 Å². The monoisotopic (exact) mass is 406 g/mol. The van der Waals surface area contributed by atoms with Gasteiger partial charge in [0.15, 0.2) is 0 Å². The number of benzene rings is 2. The molecule has 4 nitrogen and oxygen atoms in total. The summed E-state index contributed by atoms with van der Waals surface area (Å²) in [5.74, 6) is -1.67. The van der Waals surface area contributed by atoms with Crippen LogP contribution in [-0.4, -0.2) is 22.2 Å². The van der Waals surface area contributed by atoms with Crippen LogP contribution < -0.4 is 0 Å². The third-order valence-corrected chi connectivity index (χ3v) is 5.59. The van der Waals surface area contributed by atoms with Crippen molar-refractivity contribution in [2.45, 2.75) is 50.4 Å². The average molecular weight is 407 g/mol. The Labute approximate surface area is 178 Å². The normalized spacial score (nSPS) is 11.1. The summed E-state index contributed by atoms with van der Waals surface area (Å²) in [6.07, 6.45) is 7.96. The Bertz CT molecular complexity index is 846. The maximum Gasteiger partial charge on any atom is 0.318 e. The number of carboxylic acid groups (broad SMARTS) is 2. The van der Waals surface area contributed by atoms with Crippen LogP contribution in [0, 0.1) is 0 Å². The van der Waals surface area contributed by atoms with Gasteiger partial charge in [-0.3, -0.25) is 9.59 Å². The first-order valence-corrected chi connectivity index (χ1v) is 10.4. The molecule has 2 rings (SSSR count). The zero-order valence-corrected chi connectivity index (χ0v) is 17.3. The van der Waals surface area contributed by atoms with Crippen LogP contribution in [0.3, 0.4) is 0 Å². The number of carbonyl (C=O) groups is 2. The molecular formula is C26H30O4. The molecule has 0 fully saturated rings. The van der Waals surface area contributed by atoms with Crippen molar-refractivity contribution in [1.29, 1.82) is 0 Å². The summed E-state index contributed by atoms with van der Waals surface area (Å²) < 4.78 is 0. The van der Waals surface area contributed by atoms with Gasteiger partial charge in [0.05, 0.1) is 0 Å². The van der Waals surface area contributed by atoms with E-state index in [9.17, 15) is 14.7 Å². The summed E-state index contributed by atoms with van der Waals surface area (Å²) in [5, 5.41) is 19.3. The van der Waals surface area contributed by atoms with Crippen molar-refractivity contribution in [2.24, 2.45) is 0 Å². The van der Waals surface area contributed by atoms with E-state index in [2.05, 4.69) is 13.2 Å². The number of hydrogen-bond donors (Lipinski definition) is 2. The van der Waals surface area contributed by atoms with E-state index in [4.69, 9.17) is 5.11 Å². The number of aliphatic carboxylic acids is 2. The van der Waals surface area contributed by atoms with Gasteiger partial charge in [0.25, 0.3) is 0 Å². The fourth-order valence-electron chi connectivity index (χ4n) is 4.08. The van der Waals surface area contributed by atoms with E-state index < -0.39 is 17.4 Å². The quantitative estimate of drug-likeness (QED) is 0.391. The van der Waals surface area contributed by atoms with E-state index in [0.29, 0.717) is 12.8 Å². The molecule has 0 aliphatic rings. The highest BCUT2D eigenvalue weighted by Crippen LogP contribution is 2.42. The first kappa shape index (κ1) is 23.1. The van der Waals surface area contributed by atoms with Crippen molar-refractivity contribution in [2.75, 3.05) is 0 Å². The van der Waals surface area contributed by atoms with Gasteiger partial charge in [0, 0.05) is 6.42 Å². The Balaban J connectivity index is 2.39. The van der Waals surface area contributed by atoms with Gasteiger partial charge in [-0.15, -0.1) is 0 Å². The molecule has 0 atom stereocenters. The molecule has 0 aliphatic carbocycles. The molecule has 0 amide bonds. The number of carboxylic acids is 2. The molecule has 0 bridgehead atoms.